The summed E-state index contributed by atoms with van der Waals surface area (Å²) >= 11 is 5.74. The molecule has 5 nitrogen and oxygen atoms in total. The van der Waals surface area contributed by atoms with Crippen LogP contribution in [0.3, 0.4) is 0 Å². The minimum Gasteiger partial charge on any atom is -0.297 e. The molecule has 0 unspecified atom stereocenters. The minimum absolute atomic E-state index is 0.0872. The Morgan fingerprint density at radius 1 is 1.39 bits per heavy atom. The number of H-pyrrole nitrogens is 1. The van der Waals surface area contributed by atoms with Gasteiger partial charge in [0.25, 0.3) is 5.56 Å². The summed E-state index contributed by atoms with van der Waals surface area (Å²) in [6.45, 7) is 3.66. The van der Waals surface area contributed by atoms with Gasteiger partial charge in [-0.15, -0.1) is 0 Å². The van der Waals surface area contributed by atoms with E-state index in [1.54, 1.807) is 19.3 Å². The molecule has 2 aromatic rings. The summed E-state index contributed by atoms with van der Waals surface area (Å²) in [4.78, 5) is 30.1. The van der Waals surface area contributed by atoms with Gasteiger partial charge in [0.15, 0.2) is 0 Å². The number of hydrogen-bond acceptors (Lipinski definition) is 3. The average Bonchev–Trinajstić information content (AvgIpc) is 2.34. The zero-order chi connectivity index (χ0) is 13.3. The summed E-state index contributed by atoms with van der Waals surface area (Å²) in [6, 6.07) is 1.83. The third-order valence-corrected chi connectivity index (χ3v) is 3.21. The van der Waals surface area contributed by atoms with Gasteiger partial charge in [-0.05, 0) is 31.0 Å². The zero-order valence-electron chi connectivity index (χ0n) is 10.0. The number of halogens is 1. The lowest BCUT2D eigenvalue weighted by Crippen LogP contribution is -2.37. The van der Waals surface area contributed by atoms with Crippen LogP contribution in [0.5, 0.6) is 0 Å². The van der Waals surface area contributed by atoms with Gasteiger partial charge in [0.1, 0.15) is 5.15 Å². The first-order chi connectivity index (χ1) is 8.50. The van der Waals surface area contributed by atoms with Gasteiger partial charge in [-0.1, -0.05) is 11.6 Å². The second-order valence-electron chi connectivity index (χ2n) is 4.06. The van der Waals surface area contributed by atoms with Crippen molar-refractivity contribution in [3.8, 4) is 0 Å². The Morgan fingerprint density at radius 2 is 2.11 bits per heavy atom. The summed E-state index contributed by atoms with van der Waals surface area (Å²) in [5.74, 6) is 0. The first kappa shape index (κ1) is 12.6. The van der Waals surface area contributed by atoms with Gasteiger partial charge in [-0.25, -0.2) is 4.79 Å². The fourth-order valence-electron chi connectivity index (χ4n) is 1.62. The van der Waals surface area contributed by atoms with Crippen LogP contribution in [0.1, 0.15) is 16.7 Å². The molecule has 0 aliphatic rings. The highest BCUT2D eigenvalue weighted by Crippen LogP contribution is 2.07. The predicted molar refractivity (Wildman–Crippen MR) is 69.1 cm³/mol. The lowest BCUT2D eigenvalue weighted by molar-refractivity contribution is 0.687. The van der Waals surface area contributed by atoms with E-state index in [1.807, 2.05) is 13.0 Å². The maximum Gasteiger partial charge on any atom is 0.329 e. The van der Waals surface area contributed by atoms with Crippen LogP contribution in [0, 0.1) is 13.8 Å². The number of pyridine rings is 1. The van der Waals surface area contributed by atoms with Crippen molar-refractivity contribution in [1.82, 2.24) is 14.5 Å². The van der Waals surface area contributed by atoms with Crippen LogP contribution in [0.15, 0.2) is 28.0 Å². The van der Waals surface area contributed by atoms with Crippen molar-refractivity contribution in [2.45, 2.75) is 20.4 Å². The predicted octanol–water partition coefficient (Wildman–Crippen LogP) is 1.25. The van der Waals surface area contributed by atoms with Gasteiger partial charge in [-0.3, -0.25) is 19.3 Å². The van der Waals surface area contributed by atoms with E-state index >= 15 is 0 Å². The molecule has 0 saturated carbocycles. The van der Waals surface area contributed by atoms with Crippen molar-refractivity contribution in [1.29, 1.82) is 0 Å². The average molecular weight is 266 g/mol. The lowest BCUT2D eigenvalue weighted by Gasteiger charge is -2.08. The van der Waals surface area contributed by atoms with Crippen molar-refractivity contribution >= 4 is 11.6 Å². The van der Waals surface area contributed by atoms with Crippen molar-refractivity contribution in [3.63, 3.8) is 0 Å². The summed E-state index contributed by atoms with van der Waals surface area (Å²) < 4.78 is 1.12. The van der Waals surface area contributed by atoms with Gasteiger partial charge in [0, 0.05) is 18.0 Å². The lowest BCUT2D eigenvalue weighted by atomic mass is 10.1. The number of aromatic amines is 1. The van der Waals surface area contributed by atoms with Crippen molar-refractivity contribution in [2.24, 2.45) is 0 Å². The topological polar surface area (TPSA) is 67.8 Å². The molecule has 0 spiro atoms. The summed E-state index contributed by atoms with van der Waals surface area (Å²) in [5, 5.41) is 0.0872. The molecule has 0 radical (unpaired) electrons. The molecule has 18 heavy (non-hydrogen) atoms. The molecule has 0 fully saturated rings. The highest BCUT2D eigenvalue weighted by Gasteiger charge is 2.10. The van der Waals surface area contributed by atoms with Crippen LogP contribution < -0.4 is 11.2 Å². The first-order valence-electron chi connectivity index (χ1n) is 5.39. The Bertz CT molecular complexity index is 703. The highest BCUT2D eigenvalue weighted by molar-refractivity contribution is 6.30. The molecule has 0 atom stereocenters. The molecule has 2 rings (SSSR count). The monoisotopic (exact) mass is 265 g/mol. The van der Waals surface area contributed by atoms with Gasteiger partial charge in [0.05, 0.1) is 6.54 Å². The number of aromatic nitrogens is 3. The number of nitrogens with one attached hydrogen (secondary N) is 1. The van der Waals surface area contributed by atoms with Crippen LogP contribution in [-0.2, 0) is 6.54 Å². The van der Waals surface area contributed by atoms with E-state index in [-0.39, 0.29) is 17.3 Å². The molecule has 6 heteroatoms. The van der Waals surface area contributed by atoms with Crippen molar-refractivity contribution in [2.75, 3.05) is 0 Å². The summed E-state index contributed by atoms with van der Waals surface area (Å²) in [7, 11) is 0. The Hall–Kier alpha value is -1.88. The molecule has 2 heterocycles. The van der Waals surface area contributed by atoms with Gasteiger partial charge < -0.3 is 0 Å². The van der Waals surface area contributed by atoms with E-state index < -0.39 is 5.69 Å². The van der Waals surface area contributed by atoms with Crippen molar-refractivity contribution < 1.29 is 0 Å². The van der Waals surface area contributed by atoms with Crippen LogP contribution >= 0.6 is 11.6 Å². The third kappa shape index (κ3) is 2.22. The van der Waals surface area contributed by atoms with Crippen LogP contribution in [-0.4, -0.2) is 14.5 Å². The van der Waals surface area contributed by atoms with Crippen LogP contribution in [0.4, 0.5) is 0 Å². The van der Waals surface area contributed by atoms with E-state index in [4.69, 9.17) is 11.6 Å². The van der Waals surface area contributed by atoms with E-state index in [1.165, 1.54) is 0 Å². The molecule has 1 N–H and O–H groups in total. The molecule has 2 aromatic heterocycles. The maximum atomic E-state index is 12.0. The first-order valence-corrected chi connectivity index (χ1v) is 5.77. The molecule has 0 aromatic carbocycles. The van der Waals surface area contributed by atoms with Gasteiger partial charge in [-0.2, -0.15) is 0 Å². The maximum absolute atomic E-state index is 12.0. The third-order valence-electron chi connectivity index (χ3n) is 2.83. The number of rotatable bonds is 2. The number of hydrogen-bond donors (Lipinski definition) is 1. The fourth-order valence-corrected chi connectivity index (χ4v) is 1.78. The fraction of sp³-hybridized carbons (Fsp3) is 0.250. The minimum atomic E-state index is -0.515. The van der Waals surface area contributed by atoms with Crippen molar-refractivity contribution in [3.05, 3.63) is 61.1 Å². The molecular weight excluding hydrogens is 254 g/mol. The Kier molecular flexibility index (Phi) is 3.34. The molecular formula is C12H12ClN3O2. The van der Waals surface area contributed by atoms with E-state index in [2.05, 4.69) is 9.97 Å². The molecule has 0 aliphatic heterocycles. The standard InChI is InChI=1S/C12H12ClN3O2/c1-7-3-4-14-5-9(7)6-16-11(17)8(2)10(13)15-12(16)18/h3-5H,6H2,1-2H3,(H,15,18). The van der Waals surface area contributed by atoms with E-state index in [0.29, 0.717) is 5.56 Å². The Morgan fingerprint density at radius 3 is 2.78 bits per heavy atom. The summed E-state index contributed by atoms with van der Waals surface area (Å²) in [5.41, 5.74) is 1.24. The molecule has 0 saturated heterocycles. The Labute approximate surface area is 108 Å². The quantitative estimate of drug-likeness (QED) is 0.831. The SMILES string of the molecule is Cc1ccncc1Cn1c(=O)[nH]c(Cl)c(C)c1=O. The Balaban J connectivity index is 2.55. The van der Waals surface area contributed by atoms with E-state index in [0.717, 1.165) is 15.7 Å². The zero-order valence-corrected chi connectivity index (χ0v) is 10.8. The second-order valence-corrected chi connectivity index (χ2v) is 4.44. The molecule has 94 valence electrons. The van der Waals surface area contributed by atoms with Gasteiger partial charge in [0.2, 0.25) is 0 Å². The smallest absolute Gasteiger partial charge is 0.297 e. The molecule has 0 bridgehead atoms. The highest BCUT2D eigenvalue weighted by atomic mass is 35.5. The van der Waals surface area contributed by atoms with E-state index in [9.17, 15) is 9.59 Å². The normalized spacial score (nSPS) is 10.6. The summed E-state index contributed by atoms with van der Waals surface area (Å²) in [6.07, 6.45) is 3.31. The number of aryl methyl sites for hydroxylation is 1. The molecule has 0 amide bonds. The van der Waals surface area contributed by atoms with Crippen LogP contribution in [0.2, 0.25) is 5.15 Å². The molecule has 0 aliphatic carbocycles. The second kappa shape index (κ2) is 4.78. The van der Waals surface area contributed by atoms with Crippen LogP contribution in [0.25, 0.3) is 0 Å². The van der Waals surface area contributed by atoms with Gasteiger partial charge >= 0.3 is 5.69 Å². The largest absolute Gasteiger partial charge is 0.329 e. The number of nitrogens with zero attached hydrogens (tertiary/aromatic N) is 2.